The van der Waals surface area contributed by atoms with Crippen molar-refractivity contribution in [1.82, 2.24) is 16.0 Å². The van der Waals surface area contributed by atoms with E-state index in [0.29, 0.717) is 5.56 Å². The van der Waals surface area contributed by atoms with E-state index in [4.69, 9.17) is 16.6 Å². The summed E-state index contributed by atoms with van der Waals surface area (Å²) in [4.78, 5) is 59.8. The van der Waals surface area contributed by atoms with Gasteiger partial charge in [0.15, 0.2) is 0 Å². The van der Waals surface area contributed by atoms with Gasteiger partial charge in [0.1, 0.15) is 29.9 Å². The summed E-state index contributed by atoms with van der Waals surface area (Å²) in [6.45, 7) is -1.57. The Balaban J connectivity index is 3.06. The van der Waals surface area contributed by atoms with E-state index in [2.05, 4.69) is 16.0 Å². The van der Waals surface area contributed by atoms with Gasteiger partial charge >= 0.3 is 5.97 Å². The van der Waals surface area contributed by atoms with Crippen LogP contribution in [0.3, 0.4) is 0 Å². The van der Waals surface area contributed by atoms with E-state index in [1.165, 1.54) is 24.3 Å². The smallest absolute Gasteiger partial charge is 0.326 e. The van der Waals surface area contributed by atoms with E-state index in [1.54, 1.807) is 0 Å². The van der Waals surface area contributed by atoms with Crippen LogP contribution in [0.15, 0.2) is 24.3 Å². The summed E-state index contributed by atoms with van der Waals surface area (Å²) in [5, 5.41) is 43.9. The van der Waals surface area contributed by atoms with Gasteiger partial charge in [0.25, 0.3) is 0 Å². The number of aliphatic hydroxyl groups excluding tert-OH is 2. The van der Waals surface area contributed by atoms with Gasteiger partial charge in [-0.25, -0.2) is 4.79 Å². The van der Waals surface area contributed by atoms with E-state index < -0.39 is 67.0 Å². The maximum atomic E-state index is 12.8. The number of aliphatic carboxylic acids is 1. The topological polar surface area (TPSA) is 254 Å². The Labute approximate surface area is 194 Å². The lowest BCUT2D eigenvalue weighted by atomic mass is 10.0. The van der Waals surface area contributed by atoms with Gasteiger partial charge in [-0.15, -0.1) is 0 Å². The molecule has 14 nitrogen and oxygen atoms in total. The predicted molar refractivity (Wildman–Crippen MR) is 116 cm³/mol. The number of aliphatic hydroxyl groups is 2. The molecule has 0 fully saturated rings. The number of hydrogen-bond acceptors (Lipinski definition) is 9. The molecule has 0 aliphatic carbocycles. The van der Waals surface area contributed by atoms with Crippen molar-refractivity contribution >= 4 is 29.6 Å². The number of nitrogens with two attached hydrogens (primary N) is 2. The third-order valence-corrected chi connectivity index (χ3v) is 4.65. The van der Waals surface area contributed by atoms with Crippen LogP contribution in [0.1, 0.15) is 18.4 Å². The van der Waals surface area contributed by atoms with Crippen molar-refractivity contribution in [2.75, 3.05) is 13.2 Å². The van der Waals surface area contributed by atoms with Crippen molar-refractivity contribution in [3.63, 3.8) is 0 Å². The molecule has 4 unspecified atom stereocenters. The zero-order chi connectivity index (χ0) is 25.8. The SMILES string of the molecule is NC(=O)CCC(NC(=O)C(Cc1ccc(O)cc1)NC(=O)C(CO)NC(=O)C(N)CO)C(=O)O. The normalized spacial score (nSPS) is 14.2. The van der Waals surface area contributed by atoms with E-state index >= 15 is 0 Å². The van der Waals surface area contributed by atoms with Crippen molar-refractivity contribution in [2.24, 2.45) is 11.5 Å². The highest BCUT2D eigenvalue weighted by atomic mass is 16.4. The van der Waals surface area contributed by atoms with E-state index in [9.17, 15) is 39.3 Å². The third kappa shape index (κ3) is 9.40. The Kier molecular flexibility index (Phi) is 11.4. The molecule has 0 heterocycles. The van der Waals surface area contributed by atoms with Crippen LogP contribution in [-0.4, -0.2) is 87.4 Å². The van der Waals surface area contributed by atoms with Crippen LogP contribution in [-0.2, 0) is 30.4 Å². The molecule has 0 spiro atoms. The largest absolute Gasteiger partial charge is 0.508 e. The second-order valence-corrected chi connectivity index (χ2v) is 7.37. The highest BCUT2D eigenvalue weighted by Gasteiger charge is 2.30. The Morgan fingerprint density at radius 3 is 1.85 bits per heavy atom. The molecule has 0 bridgehead atoms. The second-order valence-electron chi connectivity index (χ2n) is 7.37. The number of hydrogen-bond donors (Lipinski definition) is 9. The lowest BCUT2D eigenvalue weighted by molar-refractivity contribution is -0.142. The van der Waals surface area contributed by atoms with Crippen LogP contribution in [0.5, 0.6) is 5.75 Å². The van der Waals surface area contributed by atoms with Crippen molar-refractivity contribution in [1.29, 1.82) is 0 Å². The maximum Gasteiger partial charge on any atom is 0.326 e. The first-order valence-electron chi connectivity index (χ1n) is 10.2. The summed E-state index contributed by atoms with van der Waals surface area (Å²) in [7, 11) is 0. The summed E-state index contributed by atoms with van der Waals surface area (Å²) in [5.74, 6) is -5.07. The van der Waals surface area contributed by atoms with Gasteiger partial charge in [0, 0.05) is 12.8 Å². The van der Waals surface area contributed by atoms with Crippen molar-refractivity contribution in [3.05, 3.63) is 29.8 Å². The Hall–Kier alpha value is -3.75. The van der Waals surface area contributed by atoms with Gasteiger partial charge in [-0.3, -0.25) is 19.2 Å². The number of rotatable bonds is 14. The number of phenolic OH excluding ortho intramolecular Hbond substituents is 1. The van der Waals surface area contributed by atoms with Crippen molar-refractivity contribution in [3.8, 4) is 5.75 Å². The van der Waals surface area contributed by atoms with Gasteiger partial charge in [-0.05, 0) is 24.1 Å². The minimum absolute atomic E-state index is 0.0468. The average molecular weight is 483 g/mol. The number of carboxylic acid groups (broad SMARTS) is 1. The molecule has 1 aromatic rings. The number of carbonyl (C=O) groups is 5. The lowest BCUT2D eigenvalue weighted by Gasteiger charge is -2.24. The molecule has 188 valence electrons. The lowest BCUT2D eigenvalue weighted by Crippen LogP contribution is -2.58. The molecule has 0 aliphatic rings. The maximum absolute atomic E-state index is 12.8. The van der Waals surface area contributed by atoms with Crippen LogP contribution in [0.4, 0.5) is 0 Å². The molecule has 4 amide bonds. The summed E-state index contributed by atoms with van der Waals surface area (Å²) in [6.07, 6.45) is -0.747. The van der Waals surface area contributed by atoms with Crippen molar-refractivity contribution < 1.29 is 44.4 Å². The summed E-state index contributed by atoms with van der Waals surface area (Å²) in [5.41, 5.74) is 10.9. The summed E-state index contributed by atoms with van der Waals surface area (Å²) < 4.78 is 0. The highest BCUT2D eigenvalue weighted by molar-refractivity contribution is 5.94. The van der Waals surface area contributed by atoms with Crippen LogP contribution in [0.2, 0.25) is 0 Å². The molecular weight excluding hydrogens is 454 g/mol. The zero-order valence-electron chi connectivity index (χ0n) is 18.1. The standard InChI is InChI=1S/C20H29N5O9/c21-12(8-26)17(30)25-15(9-27)19(32)24-14(7-10-1-3-11(28)4-2-10)18(31)23-13(20(33)34)5-6-16(22)29/h1-4,12-15,26-28H,5-9,21H2,(H2,22,29)(H,23,31)(H,24,32)(H,25,30)(H,33,34). The Morgan fingerprint density at radius 1 is 0.824 bits per heavy atom. The average Bonchev–Trinajstić information content (AvgIpc) is 2.79. The molecule has 4 atom stereocenters. The molecule has 1 aromatic carbocycles. The Morgan fingerprint density at radius 2 is 1.35 bits per heavy atom. The molecule has 34 heavy (non-hydrogen) atoms. The van der Waals surface area contributed by atoms with Crippen LogP contribution < -0.4 is 27.4 Å². The first-order chi connectivity index (χ1) is 16.0. The van der Waals surface area contributed by atoms with E-state index in [-0.39, 0.29) is 25.0 Å². The molecule has 1 rings (SSSR count). The number of amides is 4. The molecular formula is C20H29N5O9. The Bertz CT molecular complexity index is 878. The first-order valence-corrected chi connectivity index (χ1v) is 10.2. The number of carbonyl (C=O) groups excluding carboxylic acids is 4. The first kappa shape index (κ1) is 28.3. The monoisotopic (exact) mass is 483 g/mol. The van der Waals surface area contributed by atoms with Crippen LogP contribution in [0.25, 0.3) is 0 Å². The molecule has 0 aliphatic heterocycles. The number of aromatic hydroxyl groups is 1. The summed E-state index contributed by atoms with van der Waals surface area (Å²) in [6, 6.07) is -0.104. The molecule has 0 saturated carbocycles. The summed E-state index contributed by atoms with van der Waals surface area (Å²) >= 11 is 0. The fourth-order valence-corrected chi connectivity index (χ4v) is 2.72. The predicted octanol–water partition coefficient (Wildman–Crippen LogP) is -3.95. The van der Waals surface area contributed by atoms with Gasteiger partial charge in [-0.2, -0.15) is 0 Å². The second kappa shape index (κ2) is 13.7. The molecule has 0 saturated heterocycles. The van der Waals surface area contributed by atoms with Crippen LogP contribution >= 0.6 is 0 Å². The van der Waals surface area contributed by atoms with E-state index in [1.807, 2.05) is 0 Å². The van der Waals surface area contributed by atoms with Gasteiger partial charge in [0.05, 0.1) is 13.2 Å². The minimum Gasteiger partial charge on any atom is -0.508 e. The fraction of sp³-hybridized carbons (Fsp3) is 0.450. The number of carboxylic acids is 1. The van der Waals surface area contributed by atoms with Gasteiger partial charge in [-0.1, -0.05) is 12.1 Å². The number of nitrogens with one attached hydrogen (secondary N) is 3. The van der Waals surface area contributed by atoms with Crippen molar-refractivity contribution in [2.45, 2.75) is 43.4 Å². The molecule has 0 radical (unpaired) electrons. The molecule has 0 aromatic heterocycles. The minimum atomic E-state index is -1.52. The highest BCUT2D eigenvalue weighted by Crippen LogP contribution is 2.12. The third-order valence-electron chi connectivity index (χ3n) is 4.65. The molecule has 14 heteroatoms. The van der Waals surface area contributed by atoms with Gasteiger partial charge < -0.3 is 47.8 Å². The molecule has 11 N–H and O–H groups in total. The quantitative estimate of drug-likeness (QED) is 0.124. The zero-order valence-corrected chi connectivity index (χ0v) is 18.1. The van der Waals surface area contributed by atoms with Crippen LogP contribution in [0, 0.1) is 0 Å². The fourth-order valence-electron chi connectivity index (χ4n) is 2.72. The number of primary amides is 1. The number of phenols is 1. The van der Waals surface area contributed by atoms with E-state index in [0.717, 1.165) is 0 Å². The number of benzene rings is 1. The van der Waals surface area contributed by atoms with Gasteiger partial charge in [0.2, 0.25) is 23.6 Å².